The Hall–Kier alpha value is -4.06. The van der Waals surface area contributed by atoms with Crippen LogP contribution in [0, 0.1) is 6.92 Å². The van der Waals surface area contributed by atoms with Gasteiger partial charge in [-0.15, -0.1) is 0 Å². The van der Waals surface area contributed by atoms with Crippen LogP contribution >= 0.6 is 0 Å². The van der Waals surface area contributed by atoms with Gasteiger partial charge in [-0.25, -0.2) is 9.69 Å². The number of rotatable bonds is 6. The molecule has 0 unspecified atom stereocenters. The quantitative estimate of drug-likeness (QED) is 0.331. The van der Waals surface area contributed by atoms with Crippen LogP contribution in [0.5, 0.6) is 0 Å². The molecule has 160 valence electrons. The van der Waals surface area contributed by atoms with Crippen LogP contribution < -0.4 is 4.90 Å². The third-order valence-corrected chi connectivity index (χ3v) is 5.44. The summed E-state index contributed by atoms with van der Waals surface area (Å²) in [5.74, 6) is -1.98. The molecule has 0 saturated carbocycles. The van der Waals surface area contributed by atoms with Crippen molar-refractivity contribution < 1.29 is 23.9 Å². The minimum absolute atomic E-state index is 0.104. The van der Waals surface area contributed by atoms with Crippen LogP contribution in [0.25, 0.3) is 0 Å². The Bertz CT molecular complexity index is 1240. The number of fused-ring (bicyclic) bond motifs is 1. The van der Waals surface area contributed by atoms with Gasteiger partial charge in [0.1, 0.15) is 0 Å². The molecule has 3 aromatic carbocycles. The second-order valence-corrected chi connectivity index (χ2v) is 7.55. The molecule has 0 aliphatic carbocycles. The summed E-state index contributed by atoms with van der Waals surface area (Å²) >= 11 is 0. The zero-order valence-corrected chi connectivity index (χ0v) is 17.8. The number of carbonyl (C=O) groups excluding carboxylic acids is 4. The van der Waals surface area contributed by atoms with Gasteiger partial charge in [-0.05, 0) is 43.2 Å². The van der Waals surface area contributed by atoms with Gasteiger partial charge in [0.25, 0.3) is 11.8 Å². The fourth-order valence-corrected chi connectivity index (χ4v) is 3.65. The van der Waals surface area contributed by atoms with Crippen molar-refractivity contribution in [2.24, 2.45) is 0 Å². The number of anilines is 1. The third kappa shape index (κ3) is 3.83. The maximum absolute atomic E-state index is 13.0. The molecule has 32 heavy (non-hydrogen) atoms. The first-order valence-corrected chi connectivity index (χ1v) is 10.3. The zero-order chi connectivity index (χ0) is 22.8. The Balaban J connectivity index is 1.52. The van der Waals surface area contributed by atoms with Crippen LogP contribution in [0.1, 0.15) is 59.5 Å². The lowest BCUT2D eigenvalue weighted by atomic mass is 10.1. The molecule has 1 aliphatic heterocycles. The molecule has 0 fully saturated rings. The first-order valence-electron chi connectivity index (χ1n) is 10.3. The van der Waals surface area contributed by atoms with Crippen LogP contribution in [0.4, 0.5) is 5.69 Å². The molecule has 0 bridgehead atoms. The Kier molecular flexibility index (Phi) is 5.69. The van der Waals surface area contributed by atoms with E-state index in [0.29, 0.717) is 17.7 Å². The number of aryl methyl sites for hydroxylation is 2. The lowest BCUT2D eigenvalue weighted by molar-refractivity contribution is 0.0474. The predicted molar refractivity (Wildman–Crippen MR) is 119 cm³/mol. The molecule has 0 N–H and O–H groups in total. The second-order valence-electron chi connectivity index (χ2n) is 7.55. The van der Waals surface area contributed by atoms with Crippen LogP contribution in [0.15, 0.2) is 66.7 Å². The van der Waals surface area contributed by atoms with Crippen LogP contribution in [-0.2, 0) is 11.2 Å². The van der Waals surface area contributed by atoms with Gasteiger partial charge >= 0.3 is 5.97 Å². The number of carbonyl (C=O) groups is 4. The summed E-state index contributed by atoms with van der Waals surface area (Å²) in [6.07, 6.45) is 0.663. The van der Waals surface area contributed by atoms with Gasteiger partial charge < -0.3 is 4.74 Å². The van der Waals surface area contributed by atoms with E-state index in [0.717, 1.165) is 16.0 Å². The summed E-state index contributed by atoms with van der Waals surface area (Å²) in [5, 5.41) is 0. The molecule has 0 aromatic heterocycles. The summed E-state index contributed by atoms with van der Waals surface area (Å²) in [6, 6.07) is 18.4. The van der Waals surface area contributed by atoms with E-state index in [1.165, 1.54) is 18.2 Å². The van der Waals surface area contributed by atoms with Crippen LogP contribution in [0.2, 0.25) is 0 Å². The second kappa shape index (κ2) is 8.59. The average Bonchev–Trinajstić information content (AvgIpc) is 3.06. The number of amides is 2. The largest absolute Gasteiger partial charge is 0.454 e. The molecule has 6 nitrogen and oxygen atoms in total. The summed E-state index contributed by atoms with van der Waals surface area (Å²) < 4.78 is 5.15. The molecular formula is C26H21NO5. The minimum atomic E-state index is -0.735. The SMILES string of the molecule is CCc1ccccc1N1C(=O)c2ccc(C(=O)OCC(=O)c3ccc(C)cc3)cc2C1=O. The molecule has 0 radical (unpaired) electrons. The lowest BCUT2D eigenvalue weighted by Crippen LogP contribution is -2.30. The highest BCUT2D eigenvalue weighted by atomic mass is 16.5. The number of imide groups is 1. The van der Waals surface area contributed by atoms with Crippen molar-refractivity contribution in [2.45, 2.75) is 20.3 Å². The van der Waals surface area contributed by atoms with Crippen molar-refractivity contribution in [1.82, 2.24) is 0 Å². The number of hydrogen-bond donors (Lipinski definition) is 0. The van der Waals surface area contributed by atoms with Gasteiger partial charge in [0.05, 0.1) is 22.4 Å². The van der Waals surface area contributed by atoms with E-state index in [4.69, 9.17) is 4.74 Å². The number of ether oxygens (including phenoxy) is 1. The van der Waals surface area contributed by atoms with Crippen molar-refractivity contribution in [1.29, 1.82) is 0 Å². The number of ketones is 1. The van der Waals surface area contributed by atoms with Crippen LogP contribution in [0.3, 0.4) is 0 Å². The fraction of sp³-hybridized carbons (Fsp3) is 0.154. The first kappa shape index (κ1) is 21.2. The molecular weight excluding hydrogens is 406 g/mol. The molecule has 3 aromatic rings. The summed E-state index contributed by atoms with van der Waals surface area (Å²) in [6.45, 7) is 3.45. The van der Waals surface area contributed by atoms with Crippen molar-refractivity contribution in [3.8, 4) is 0 Å². The normalized spacial score (nSPS) is 12.6. The molecule has 6 heteroatoms. The number of nitrogens with zero attached hydrogens (tertiary/aromatic N) is 1. The van der Waals surface area contributed by atoms with Gasteiger partial charge in [0.15, 0.2) is 12.4 Å². The minimum Gasteiger partial charge on any atom is -0.454 e. The molecule has 1 heterocycles. The van der Waals surface area contributed by atoms with E-state index in [2.05, 4.69) is 0 Å². The summed E-state index contributed by atoms with van der Waals surface area (Å²) in [5.41, 5.74) is 3.35. The number of esters is 1. The first-order chi connectivity index (χ1) is 15.4. The molecule has 0 atom stereocenters. The topological polar surface area (TPSA) is 80.8 Å². The summed E-state index contributed by atoms with van der Waals surface area (Å²) in [7, 11) is 0. The molecule has 0 saturated heterocycles. The highest BCUT2D eigenvalue weighted by Gasteiger charge is 2.38. The molecule has 0 spiro atoms. The van der Waals surface area contributed by atoms with E-state index in [1.807, 2.05) is 26.0 Å². The van der Waals surface area contributed by atoms with E-state index in [9.17, 15) is 19.2 Å². The number of para-hydroxylation sites is 1. The standard InChI is InChI=1S/C26H21NO5/c1-3-17-6-4-5-7-22(17)27-24(29)20-13-12-19(14-21(20)25(27)30)26(31)32-15-23(28)18-10-8-16(2)9-11-18/h4-14H,3,15H2,1-2H3. The number of Topliss-reactive ketones (excluding diaryl/α,β-unsaturated/α-hetero) is 1. The van der Waals surface area contributed by atoms with Crippen LogP contribution in [-0.4, -0.2) is 30.2 Å². The molecule has 4 rings (SSSR count). The highest BCUT2D eigenvalue weighted by Crippen LogP contribution is 2.31. The third-order valence-electron chi connectivity index (χ3n) is 5.44. The van der Waals surface area contributed by atoms with Gasteiger partial charge in [-0.3, -0.25) is 14.4 Å². The molecule has 1 aliphatic rings. The van der Waals surface area contributed by atoms with Crippen molar-refractivity contribution in [3.63, 3.8) is 0 Å². The van der Waals surface area contributed by atoms with E-state index >= 15 is 0 Å². The van der Waals surface area contributed by atoms with E-state index < -0.39 is 24.4 Å². The monoisotopic (exact) mass is 427 g/mol. The van der Waals surface area contributed by atoms with Crippen molar-refractivity contribution in [2.75, 3.05) is 11.5 Å². The Morgan fingerprint density at radius 1 is 0.844 bits per heavy atom. The molecule has 2 amide bonds. The Labute approximate surface area is 185 Å². The average molecular weight is 427 g/mol. The smallest absolute Gasteiger partial charge is 0.338 e. The van der Waals surface area contributed by atoms with Crippen molar-refractivity contribution >= 4 is 29.3 Å². The Morgan fingerprint density at radius 2 is 1.50 bits per heavy atom. The van der Waals surface area contributed by atoms with E-state index in [1.54, 1.807) is 36.4 Å². The van der Waals surface area contributed by atoms with E-state index in [-0.39, 0.29) is 22.5 Å². The van der Waals surface area contributed by atoms with Gasteiger partial charge in [-0.2, -0.15) is 0 Å². The van der Waals surface area contributed by atoms with Gasteiger partial charge in [0.2, 0.25) is 0 Å². The predicted octanol–water partition coefficient (Wildman–Crippen LogP) is 4.40. The Morgan fingerprint density at radius 3 is 2.22 bits per heavy atom. The zero-order valence-electron chi connectivity index (χ0n) is 17.8. The maximum Gasteiger partial charge on any atom is 0.338 e. The number of benzene rings is 3. The number of hydrogen-bond acceptors (Lipinski definition) is 5. The fourth-order valence-electron chi connectivity index (χ4n) is 3.65. The summed E-state index contributed by atoms with van der Waals surface area (Å²) in [4.78, 5) is 51.8. The van der Waals surface area contributed by atoms with Gasteiger partial charge in [0, 0.05) is 5.56 Å². The van der Waals surface area contributed by atoms with Gasteiger partial charge in [-0.1, -0.05) is 55.0 Å². The highest BCUT2D eigenvalue weighted by molar-refractivity contribution is 6.35. The lowest BCUT2D eigenvalue weighted by Gasteiger charge is -2.17. The van der Waals surface area contributed by atoms with Crippen molar-refractivity contribution in [3.05, 3.63) is 100 Å². The maximum atomic E-state index is 13.0.